The number of hydrogen-bond acceptors (Lipinski definition) is 1. The van der Waals surface area contributed by atoms with Gasteiger partial charge < -0.3 is 5.32 Å². The maximum Gasteiger partial charge on any atom is 0.0310 e. The van der Waals surface area contributed by atoms with Crippen molar-refractivity contribution in [2.45, 2.75) is 51.5 Å². The van der Waals surface area contributed by atoms with E-state index in [1.54, 1.807) is 0 Å². The molecule has 2 heteroatoms. The molecular formula is C15H24ClN. The minimum atomic E-state index is 0.584. The molecule has 96 valence electrons. The first-order valence-corrected chi connectivity index (χ1v) is 7.52. The van der Waals surface area contributed by atoms with Crippen molar-refractivity contribution in [2.24, 2.45) is 23.2 Å². The summed E-state index contributed by atoms with van der Waals surface area (Å²) >= 11 is 5.87. The van der Waals surface area contributed by atoms with E-state index in [1.165, 1.54) is 38.5 Å². The molecule has 0 heterocycles. The zero-order valence-electron chi connectivity index (χ0n) is 10.8. The highest BCUT2D eigenvalue weighted by Gasteiger charge is 2.52. The molecule has 0 aromatic rings. The van der Waals surface area contributed by atoms with Gasteiger partial charge in [-0.1, -0.05) is 18.2 Å². The van der Waals surface area contributed by atoms with Gasteiger partial charge in [0, 0.05) is 17.6 Å². The van der Waals surface area contributed by atoms with Crippen molar-refractivity contribution in [3.63, 3.8) is 0 Å². The topological polar surface area (TPSA) is 12.0 Å². The Bertz CT molecular complexity index is 288. The molecule has 4 bridgehead atoms. The van der Waals surface area contributed by atoms with Crippen LogP contribution in [0.3, 0.4) is 0 Å². The zero-order valence-corrected chi connectivity index (χ0v) is 11.6. The summed E-state index contributed by atoms with van der Waals surface area (Å²) in [5.74, 6) is 3.10. The predicted octanol–water partition coefficient (Wildman–Crippen LogP) is 3.93. The third-order valence-corrected chi connectivity index (χ3v) is 5.74. The maximum absolute atomic E-state index is 5.87. The van der Waals surface area contributed by atoms with Gasteiger partial charge in [-0.15, -0.1) is 0 Å². The van der Waals surface area contributed by atoms with Crippen LogP contribution in [0, 0.1) is 23.2 Å². The number of rotatable bonds is 4. The molecule has 4 rings (SSSR count). The van der Waals surface area contributed by atoms with E-state index < -0.39 is 0 Å². The van der Waals surface area contributed by atoms with Crippen LogP contribution in [-0.2, 0) is 0 Å². The van der Waals surface area contributed by atoms with Crippen LogP contribution in [0.2, 0.25) is 0 Å². The molecule has 4 saturated carbocycles. The zero-order chi connectivity index (χ0) is 12.0. The van der Waals surface area contributed by atoms with Crippen molar-refractivity contribution in [1.82, 2.24) is 5.32 Å². The highest BCUT2D eigenvalue weighted by Crippen LogP contribution is 2.61. The van der Waals surface area contributed by atoms with Crippen molar-refractivity contribution in [3.8, 4) is 0 Å². The van der Waals surface area contributed by atoms with Crippen LogP contribution in [-0.4, -0.2) is 12.6 Å². The molecule has 0 amide bonds. The van der Waals surface area contributed by atoms with Crippen LogP contribution in [0.25, 0.3) is 0 Å². The molecule has 0 aliphatic heterocycles. The van der Waals surface area contributed by atoms with Gasteiger partial charge >= 0.3 is 0 Å². The SMILES string of the molecule is C=C(Cl)CNC(C)C12CC3CC(CC(C3)C1)C2. The average Bonchev–Trinajstić information content (AvgIpc) is 2.23. The van der Waals surface area contributed by atoms with Crippen LogP contribution in [0.5, 0.6) is 0 Å². The Morgan fingerprint density at radius 1 is 1.24 bits per heavy atom. The monoisotopic (exact) mass is 253 g/mol. The summed E-state index contributed by atoms with van der Waals surface area (Å²) in [5, 5.41) is 4.35. The van der Waals surface area contributed by atoms with Crippen molar-refractivity contribution in [3.05, 3.63) is 11.6 Å². The predicted molar refractivity (Wildman–Crippen MR) is 73.1 cm³/mol. The molecule has 1 nitrogen and oxygen atoms in total. The van der Waals surface area contributed by atoms with E-state index in [1.807, 2.05) is 0 Å². The molecule has 4 aliphatic rings. The fourth-order valence-electron chi connectivity index (χ4n) is 5.19. The average molecular weight is 254 g/mol. The van der Waals surface area contributed by atoms with E-state index in [2.05, 4.69) is 18.8 Å². The van der Waals surface area contributed by atoms with Crippen molar-refractivity contribution < 1.29 is 0 Å². The Balaban J connectivity index is 1.70. The summed E-state index contributed by atoms with van der Waals surface area (Å²) in [6.07, 6.45) is 8.95. The van der Waals surface area contributed by atoms with Gasteiger partial charge in [-0.25, -0.2) is 0 Å². The lowest BCUT2D eigenvalue weighted by atomic mass is 9.48. The first-order chi connectivity index (χ1) is 8.07. The van der Waals surface area contributed by atoms with Crippen LogP contribution in [0.1, 0.15) is 45.4 Å². The van der Waals surface area contributed by atoms with E-state index in [9.17, 15) is 0 Å². The molecule has 0 aromatic heterocycles. The molecule has 0 radical (unpaired) electrons. The number of hydrogen-bond donors (Lipinski definition) is 1. The molecule has 1 unspecified atom stereocenters. The van der Waals surface area contributed by atoms with Gasteiger partial charge in [0.25, 0.3) is 0 Å². The second kappa shape index (κ2) is 4.28. The van der Waals surface area contributed by atoms with Crippen molar-refractivity contribution in [1.29, 1.82) is 0 Å². The summed E-state index contributed by atoms with van der Waals surface area (Å²) in [6, 6.07) is 0.603. The third-order valence-electron chi connectivity index (χ3n) is 5.60. The van der Waals surface area contributed by atoms with E-state index in [0.717, 1.165) is 29.3 Å². The van der Waals surface area contributed by atoms with Gasteiger partial charge in [-0.05, 0) is 68.6 Å². The maximum atomic E-state index is 5.87. The molecule has 0 aromatic carbocycles. The Morgan fingerprint density at radius 2 is 1.71 bits per heavy atom. The van der Waals surface area contributed by atoms with Gasteiger partial charge in [0.05, 0.1) is 0 Å². The van der Waals surface area contributed by atoms with Crippen LogP contribution in [0.4, 0.5) is 0 Å². The summed E-state index contributed by atoms with van der Waals surface area (Å²) in [5.41, 5.74) is 0.584. The van der Waals surface area contributed by atoms with Gasteiger partial charge in [-0.2, -0.15) is 0 Å². The molecule has 1 atom stereocenters. The Labute approximate surface area is 110 Å². The fourth-order valence-corrected chi connectivity index (χ4v) is 5.27. The van der Waals surface area contributed by atoms with Gasteiger partial charge in [0.1, 0.15) is 0 Å². The second-order valence-corrected chi connectivity index (χ2v) is 7.43. The van der Waals surface area contributed by atoms with Gasteiger partial charge in [0.15, 0.2) is 0 Å². The second-order valence-electron chi connectivity index (χ2n) is 6.90. The Hall–Kier alpha value is -0.0100. The molecular weight excluding hydrogens is 230 g/mol. The molecule has 0 spiro atoms. The van der Waals surface area contributed by atoms with Crippen LogP contribution in [0.15, 0.2) is 11.6 Å². The first-order valence-electron chi connectivity index (χ1n) is 7.14. The lowest BCUT2D eigenvalue weighted by Gasteiger charge is -2.59. The summed E-state index contributed by atoms with van der Waals surface area (Å²) in [4.78, 5) is 0. The van der Waals surface area contributed by atoms with Crippen molar-refractivity contribution in [2.75, 3.05) is 6.54 Å². The molecule has 17 heavy (non-hydrogen) atoms. The van der Waals surface area contributed by atoms with Gasteiger partial charge in [-0.3, -0.25) is 0 Å². The molecule has 4 fully saturated rings. The van der Waals surface area contributed by atoms with E-state index in [0.29, 0.717) is 11.5 Å². The quantitative estimate of drug-likeness (QED) is 0.801. The van der Waals surface area contributed by atoms with Gasteiger partial charge in [0.2, 0.25) is 0 Å². The lowest BCUT2D eigenvalue weighted by molar-refractivity contribution is -0.0698. The molecule has 4 aliphatic carbocycles. The van der Waals surface area contributed by atoms with Crippen LogP contribution >= 0.6 is 11.6 Å². The Kier molecular flexibility index (Phi) is 3.03. The summed E-state index contributed by atoms with van der Waals surface area (Å²) in [7, 11) is 0. The summed E-state index contributed by atoms with van der Waals surface area (Å²) < 4.78 is 0. The normalized spacial score (nSPS) is 44.9. The molecule has 0 saturated heterocycles. The summed E-state index contributed by atoms with van der Waals surface area (Å²) in [6.45, 7) is 6.91. The smallest absolute Gasteiger partial charge is 0.0310 e. The third kappa shape index (κ3) is 2.17. The van der Waals surface area contributed by atoms with E-state index in [4.69, 9.17) is 11.6 Å². The highest BCUT2D eigenvalue weighted by atomic mass is 35.5. The fraction of sp³-hybridized carbons (Fsp3) is 0.867. The largest absolute Gasteiger partial charge is 0.309 e. The molecule has 1 N–H and O–H groups in total. The van der Waals surface area contributed by atoms with E-state index in [-0.39, 0.29) is 0 Å². The highest BCUT2D eigenvalue weighted by molar-refractivity contribution is 6.29. The minimum Gasteiger partial charge on any atom is -0.309 e. The van der Waals surface area contributed by atoms with E-state index >= 15 is 0 Å². The standard InChI is InChI=1S/C15H24ClN/c1-10(16)9-17-11(2)15-6-12-3-13(7-15)5-14(4-12)8-15/h11-14,17H,1,3-9H2,2H3. The van der Waals surface area contributed by atoms with Crippen LogP contribution < -0.4 is 5.32 Å². The number of nitrogens with one attached hydrogen (secondary N) is 1. The Morgan fingerprint density at radius 3 is 2.12 bits per heavy atom. The first kappa shape index (κ1) is 12.0. The minimum absolute atomic E-state index is 0.584. The lowest BCUT2D eigenvalue weighted by Crippen LogP contribution is -2.55. The van der Waals surface area contributed by atoms with Crippen molar-refractivity contribution >= 4 is 11.6 Å². The number of halogens is 1.